The summed E-state index contributed by atoms with van der Waals surface area (Å²) in [6.07, 6.45) is -0.871. The minimum Gasteiger partial charge on any atom is -0.449 e. The van der Waals surface area contributed by atoms with Gasteiger partial charge >= 0.3 is 5.97 Å². The van der Waals surface area contributed by atoms with Crippen molar-refractivity contribution in [2.24, 2.45) is 0 Å². The van der Waals surface area contributed by atoms with Crippen LogP contribution in [0.1, 0.15) is 34.0 Å². The Kier molecular flexibility index (Phi) is 5.16. The molecule has 2 aromatic carbocycles. The van der Waals surface area contributed by atoms with Gasteiger partial charge in [-0.2, -0.15) is 0 Å². The fourth-order valence-electron chi connectivity index (χ4n) is 2.12. The number of ether oxygens (including phenoxy) is 1. The number of benzene rings is 2. The van der Waals surface area contributed by atoms with E-state index in [9.17, 15) is 9.59 Å². The minimum atomic E-state index is -0.871. The van der Waals surface area contributed by atoms with Crippen molar-refractivity contribution in [2.75, 3.05) is 5.32 Å². The molecule has 2 rings (SSSR count). The SMILES string of the molecule is Cc1cccc(NC(=O)C(C)OC(=O)c2ccc(C)c(C)c2)c1. The molecule has 0 saturated carbocycles. The fraction of sp³-hybridized carbons (Fsp3) is 0.263. The van der Waals surface area contributed by atoms with E-state index in [4.69, 9.17) is 4.74 Å². The number of hydrogen-bond acceptors (Lipinski definition) is 3. The van der Waals surface area contributed by atoms with E-state index < -0.39 is 12.1 Å². The molecule has 0 aliphatic rings. The van der Waals surface area contributed by atoms with E-state index in [1.54, 1.807) is 25.1 Å². The van der Waals surface area contributed by atoms with Crippen molar-refractivity contribution in [1.82, 2.24) is 0 Å². The second kappa shape index (κ2) is 7.09. The first-order valence-electron chi connectivity index (χ1n) is 7.52. The van der Waals surface area contributed by atoms with Gasteiger partial charge in [-0.05, 0) is 68.7 Å². The summed E-state index contributed by atoms with van der Waals surface area (Å²) in [5, 5.41) is 2.74. The Morgan fingerprint density at radius 2 is 1.74 bits per heavy atom. The number of rotatable bonds is 4. The van der Waals surface area contributed by atoms with Crippen molar-refractivity contribution in [3.63, 3.8) is 0 Å². The lowest BCUT2D eigenvalue weighted by molar-refractivity contribution is -0.123. The minimum absolute atomic E-state index is 0.354. The van der Waals surface area contributed by atoms with Gasteiger partial charge in [-0.3, -0.25) is 4.79 Å². The summed E-state index contributed by atoms with van der Waals surface area (Å²) in [7, 11) is 0. The Morgan fingerprint density at radius 1 is 1.00 bits per heavy atom. The molecule has 0 spiro atoms. The van der Waals surface area contributed by atoms with Gasteiger partial charge in [0.15, 0.2) is 6.10 Å². The maximum Gasteiger partial charge on any atom is 0.338 e. The zero-order chi connectivity index (χ0) is 17.0. The van der Waals surface area contributed by atoms with Crippen LogP contribution in [0.5, 0.6) is 0 Å². The van der Waals surface area contributed by atoms with Gasteiger partial charge in [0.25, 0.3) is 5.91 Å². The van der Waals surface area contributed by atoms with Crippen LogP contribution in [0.15, 0.2) is 42.5 Å². The molecule has 1 atom stereocenters. The molecule has 0 bridgehead atoms. The summed E-state index contributed by atoms with van der Waals surface area (Å²) in [4.78, 5) is 24.3. The van der Waals surface area contributed by atoms with E-state index in [0.29, 0.717) is 11.3 Å². The summed E-state index contributed by atoms with van der Waals surface area (Å²) in [6.45, 7) is 7.41. The third kappa shape index (κ3) is 4.42. The van der Waals surface area contributed by atoms with Crippen molar-refractivity contribution in [1.29, 1.82) is 0 Å². The summed E-state index contributed by atoms with van der Waals surface area (Å²) in [5.74, 6) is -0.854. The van der Waals surface area contributed by atoms with E-state index >= 15 is 0 Å². The number of nitrogens with one attached hydrogen (secondary N) is 1. The first kappa shape index (κ1) is 16.7. The Balaban J connectivity index is 2.00. The summed E-state index contributed by atoms with van der Waals surface area (Å²) in [5.41, 5.74) is 4.29. The number of carbonyl (C=O) groups excluding carboxylic acids is 2. The first-order chi connectivity index (χ1) is 10.9. The second-order valence-corrected chi connectivity index (χ2v) is 5.71. The van der Waals surface area contributed by atoms with Crippen molar-refractivity contribution >= 4 is 17.6 Å². The van der Waals surface area contributed by atoms with Crippen LogP contribution in [-0.2, 0) is 9.53 Å². The topological polar surface area (TPSA) is 55.4 Å². The lowest BCUT2D eigenvalue weighted by Gasteiger charge is -2.14. The highest BCUT2D eigenvalue weighted by atomic mass is 16.5. The third-order valence-corrected chi connectivity index (χ3v) is 3.68. The molecule has 0 aliphatic heterocycles. The molecule has 1 amide bonds. The first-order valence-corrected chi connectivity index (χ1v) is 7.52. The molecule has 2 aromatic rings. The number of hydrogen-bond donors (Lipinski definition) is 1. The van der Waals surface area contributed by atoms with Gasteiger partial charge in [0.2, 0.25) is 0 Å². The number of anilines is 1. The zero-order valence-corrected chi connectivity index (χ0v) is 13.8. The molecular weight excluding hydrogens is 290 g/mol. The molecule has 120 valence electrons. The quantitative estimate of drug-likeness (QED) is 0.874. The van der Waals surface area contributed by atoms with E-state index in [1.807, 2.05) is 45.0 Å². The number of carbonyl (C=O) groups is 2. The molecule has 4 heteroatoms. The van der Waals surface area contributed by atoms with Crippen LogP contribution >= 0.6 is 0 Å². The van der Waals surface area contributed by atoms with Crippen molar-refractivity contribution in [3.8, 4) is 0 Å². The van der Waals surface area contributed by atoms with Crippen LogP contribution in [0.3, 0.4) is 0 Å². The predicted molar refractivity (Wildman–Crippen MR) is 90.6 cm³/mol. The highest BCUT2D eigenvalue weighted by Crippen LogP contribution is 2.13. The molecule has 0 aliphatic carbocycles. The molecule has 4 nitrogen and oxygen atoms in total. The lowest BCUT2D eigenvalue weighted by Crippen LogP contribution is -2.30. The van der Waals surface area contributed by atoms with Gasteiger partial charge in [0.05, 0.1) is 5.56 Å². The molecule has 0 radical (unpaired) electrons. The zero-order valence-electron chi connectivity index (χ0n) is 13.8. The predicted octanol–water partition coefficient (Wildman–Crippen LogP) is 3.80. The van der Waals surface area contributed by atoms with Gasteiger partial charge < -0.3 is 10.1 Å². The van der Waals surface area contributed by atoms with E-state index in [0.717, 1.165) is 16.7 Å². The van der Waals surface area contributed by atoms with E-state index in [1.165, 1.54) is 0 Å². The van der Waals surface area contributed by atoms with Gasteiger partial charge in [-0.15, -0.1) is 0 Å². The van der Waals surface area contributed by atoms with E-state index in [2.05, 4.69) is 5.32 Å². The van der Waals surface area contributed by atoms with Gasteiger partial charge in [-0.25, -0.2) is 4.79 Å². The number of esters is 1. The summed E-state index contributed by atoms with van der Waals surface area (Å²) < 4.78 is 5.24. The smallest absolute Gasteiger partial charge is 0.338 e. The van der Waals surface area contributed by atoms with E-state index in [-0.39, 0.29) is 5.91 Å². The molecule has 0 saturated heterocycles. The Labute approximate surface area is 136 Å². The summed E-state index contributed by atoms with van der Waals surface area (Å²) in [6, 6.07) is 12.8. The van der Waals surface area contributed by atoms with Gasteiger partial charge in [0.1, 0.15) is 0 Å². The standard InChI is InChI=1S/C19H21NO3/c1-12-6-5-7-17(10-12)20-18(21)15(4)23-19(22)16-9-8-13(2)14(3)11-16/h5-11,15H,1-4H3,(H,20,21). The van der Waals surface area contributed by atoms with Crippen LogP contribution in [0.25, 0.3) is 0 Å². The summed E-state index contributed by atoms with van der Waals surface area (Å²) >= 11 is 0. The van der Waals surface area contributed by atoms with Crippen LogP contribution in [0, 0.1) is 20.8 Å². The van der Waals surface area contributed by atoms with Crippen molar-refractivity contribution in [2.45, 2.75) is 33.8 Å². The molecule has 0 aromatic heterocycles. The van der Waals surface area contributed by atoms with Gasteiger partial charge in [-0.1, -0.05) is 18.2 Å². The van der Waals surface area contributed by atoms with Crippen LogP contribution < -0.4 is 5.32 Å². The Hall–Kier alpha value is -2.62. The molecule has 23 heavy (non-hydrogen) atoms. The molecule has 0 heterocycles. The monoisotopic (exact) mass is 311 g/mol. The molecular formula is C19H21NO3. The normalized spacial score (nSPS) is 11.7. The average Bonchev–Trinajstić information content (AvgIpc) is 2.49. The molecule has 1 unspecified atom stereocenters. The third-order valence-electron chi connectivity index (χ3n) is 3.68. The lowest BCUT2D eigenvalue weighted by atomic mass is 10.1. The highest BCUT2D eigenvalue weighted by molar-refractivity contribution is 5.97. The van der Waals surface area contributed by atoms with Gasteiger partial charge in [0, 0.05) is 5.69 Å². The Bertz CT molecular complexity index is 737. The highest BCUT2D eigenvalue weighted by Gasteiger charge is 2.19. The second-order valence-electron chi connectivity index (χ2n) is 5.71. The maximum atomic E-state index is 12.1. The fourth-order valence-corrected chi connectivity index (χ4v) is 2.12. The number of amides is 1. The van der Waals surface area contributed by atoms with Crippen molar-refractivity contribution in [3.05, 3.63) is 64.7 Å². The molecule has 1 N–H and O–H groups in total. The largest absolute Gasteiger partial charge is 0.449 e. The van der Waals surface area contributed by atoms with Crippen LogP contribution in [-0.4, -0.2) is 18.0 Å². The molecule has 0 fully saturated rings. The maximum absolute atomic E-state index is 12.1. The van der Waals surface area contributed by atoms with Crippen LogP contribution in [0.2, 0.25) is 0 Å². The van der Waals surface area contributed by atoms with Crippen LogP contribution in [0.4, 0.5) is 5.69 Å². The average molecular weight is 311 g/mol. The Morgan fingerprint density at radius 3 is 2.39 bits per heavy atom. The van der Waals surface area contributed by atoms with Crippen molar-refractivity contribution < 1.29 is 14.3 Å². The number of aryl methyl sites for hydroxylation is 3.